The number of ether oxygens (including phenoxy) is 1. The molecular formula is C12H11FN2O2. The number of aryl methyl sites for hydroxylation is 1. The Morgan fingerprint density at radius 3 is 2.82 bits per heavy atom. The molecule has 0 aliphatic rings. The fraction of sp³-hybridized carbons (Fsp3) is 0.167. The maximum absolute atomic E-state index is 13.5. The van der Waals surface area contributed by atoms with Crippen LogP contribution < -0.4 is 4.74 Å². The van der Waals surface area contributed by atoms with Gasteiger partial charge in [0.25, 0.3) is 0 Å². The number of hydrogen-bond donors (Lipinski definition) is 0. The highest BCUT2D eigenvalue weighted by Crippen LogP contribution is 2.26. The van der Waals surface area contributed by atoms with Crippen molar-refractivity contribution in [3.63, 3.8) is 0 Å². The van der Waals surface area contributed by atoms with Crippen molar-refractivity contribution >= 4 is 6.29 Å². The third kappa shape index (κ3) is 2.04. The van der Waals surface area contributed by atoms with Crippen molar-refractivity contribution in [3.8, 4) is 17.0 Å². The van der Waals surface area contributed by atoms with E-state index in [2.05, 4.69) is 5.10 Å². The van der Waals surface area contributed by atoms with Gasteiger partial charge in [-0.25, -0.2) is 4.39 Å². The molecule has 2 aromatic rings. The summed E-state index contributed by atoms with van der Waals surface area (Å²) >= 11 is 0. The van der Waals surface area contributed by atoms with Crippen LogP contribution in [0.15, 0.2) is 24.4 Å². The number of aldehydes is 1. The van der Waals surface area contributed by atoms with Gasteiger partial charge in [-0.3, -0.25) is 9.48 Å². The second-order valence-electron chi connectivity index (χ2n) is 3.57. The number of nitrogens with zero attached hydrogens (tertiary/aromatic N) is 2. The van der Waals surface area contributed by atoms with Crippen LogP contribution in [0, 0.1) is 5.82 Å². The van der Waals surface area contributed by atoms with E-state index in [1.807, 2.05) is 0 Å². The Balaban J connectivity index is 2.52. The van der Waals surface area contributed by atoms with Gasteiger partial charge >= 0.3 is 0 Å². The lowest BCUT2D eigenvalue weighted by Crippen LogP contribution is -1.91. The number of halogens is 1. The molecule has 5 heteroatoms. The van der Waals surface area contributed by atoms with Crippen molar-refractivity contribution in [2.75, 3.05) is 7.11 Å². The van der Waals surface area contributed by atoms with Crippen LogP contribution in [0.3, 0.4) is 0 Å². The summed E-state index contributed by atoms with van der Waals surface area (Å²) in [4.78, 5) is 10.9. The zero-order valence-corrected chi connectivity index (χ0v) is 9.48. The fourth-order valence-corrected chi connectivity index (χ4v) is 1.63. The highest BCUT2D eigenvalue weighted by Gasteiger charge is 2.12. The first kappa shape index (κ1) is 11.3. The first-order valence-electron chi connectivity index (χ1n) is 4.98. The Morgan fingerprint density at radius 2 is 2.24 bits per heavy atom. The molecule has 0 atom stereocenters. The number of rotatable bonds is 3. The molecule has 88 valence electrons. The van der Waals surface area contributed by atoms with E-state index in [1.54, 1.807) is 19.3 Å². The molecule has 0 aliphatic carbocycles. The average Bonchev–Trinajstić information content (AvgIpc) is 2.70. The predicted octanol–water partition coefficient (Wildman–Crippen LogP) is 2.05. The van der Waals surface area contributed by atoms with Gasteiger partial charge in [-0.2, -0.15) is 5.10 Å². The van der Waals surface area contributed by atoms with Crippen LogP contribution in [0.4, 0.5) is 4.39 Å². The summed E-state index contributed by atoms with van der Waals surface area (Å²) in [5.74, 6) is -0.315. The van der Waals surface area contributed by atoms with Crippen molar-refractivity contribution in [2.24, 2.45) is 7.05 Å². The molecule has 0 N–H and O–H groups in total. The van der Waals surface area contributed by atoms with E-state index in [-0.39, 0.29) is 5.75 Å². The molecule has 4 nitrogen and oxygen atoms in total. The molecule has 1 aromatic carbocycles. The van der Waals surface area contributed by atoms with Crippen LogP contribution >= 0.6 is 0 Å². The van der Waals surface area contributed by atoms with Gasteiger partial charge in [-0.1, -0.05) is 0 Å². The first-order chi connectivity index (χ1) is 8.15. The number of benzene rings is 1. The van der Waals surface area contributed by atoms with E-state index in [0.29, 0.717) is 23.1 Å². The minimum Gasteiger partial charge on any atom is -0.494 e. The summed E-state index contributed by atoms with van der Waals surface area (Å²) in [6, 6.07) is 4.47. The van der Waals surface area contributed by atoms with Gasteiger partial charge in [0, 0.05) is 18.8 Å². The lowest BCUT2D eigenvalue weighted by molar-refractivity contribution is 0.112. The number of carbonyl (C=O) groups excluding carboxylic acids is 1. The SMILES string of the molecule is COc1ccc(-c2nn(C)cc2C=O)cc1F. The van der Waals surface area contributed by atoms with Crippen molar-refractivity contribution in [2.45, 2.75) is 0 Å². The molecule has 17 heavy (non-hydrogen) atoms. The molecule has 0 bridgehead atoms. The van der Waals surface area contributed by atoms with Crippen molar-refractivity contribution in [1.82, 2.24) is 9.78 Å². The monoisotopic (exact) mass is 234 g/mol. The van der Waals surface area contributed by atoms with Crippen LogP contribution in [0.1, 0.15) is 10.4 Å². The molecule has 0 unspecified atom stereocenters. The molecule has 1 aromatic heterocycles. The van der Waals surface area contributed by atoms with E-state index >= 15 is 0 Å². The van der Waals surface area contributed by atoms with E-state index in [9.17, 15) is 9.18 Å². The van der Waals surface area contributed by atoms with E-state index in [4.69, 9.17) is 4.74 Å². The van der Waals surface area contributed by atoms with Gasteiger partial charge in [0.1, 0.15) is 5.69 Å². The average molecular weight is 234 g/mol. The lowest BCUT2D eigenvalue weighted by Gasteiger charge is -2.03. The summed E-state index contributed by atoms with van der Waals surface area (Å²) in [5, 5.41) is 4.13. The molecule has 0 saturated heterocycles. The zero-order chi connectivity index (χ0) is 12.4. The number of methoxy groups -OCH3 is 1. The molecule has 0 fully saturated rings. The smallest absolute Gasteiger partial charge is 0.165 e. The van der Waals surface area contributed by atoms with Gasteiger partial charge < -0.3 is 4.74 Å². The van der Waals surface area contributed by atoms with Crippen LogP contribution in [0.2, 0.25) is 0 Å². The van der Waals surface area contributed by atoms with Crippen LogP contribution in [0.25, 0.3) is 11.3 Å². The topological polar surface area (TPSA) is 44.1 Å². The standard InChI is InChI=1S/C12H11FN2O2/c1-15-6-9(7-16)12(14-15)8-3-4-11(17-2)10(13)5-8/h3-7H,1-2H3. The summed E-state index contributed by atoms with van der Waals surface area (Å²) in [7, 11) is 3.10. The van der Waals surface area contributed by atoms with Gasteiger partial charge in [-0.05, 0) is 18.2 Å². The maximum atomic E-state index is 13.5. The van der Waals surface area contributed by atoms with Gasteiger partial charge in [-0.15, -0.1) is 0 Å². The summed E-state index contributed by atoms with van der Waals surface area (Å²) in [5.41, 5.74) is 1.44. The Labute approximate surface area is 97.6 Å². The van der Waals surface area contributed by atoms with Crippen molar-refractivity contribution in [3.05, 3.63) is 35.8 Å². The van der Waals surface area contributed by atoms with Crippen LogP contribution in [0.5, 0.6) is 5.75 Å². The molecule has 2 rings (SSSR count). The third-order valence-corrected chi connectivity index (χ3v) is 2.41. The number of carbonyl (C=O) groups is 1. The Hall–Kier alpha value is -2.17. The second kappa shape index (κ2) is 4.37. The molecular weight excluding hydrogens is 223 g/mol. The van der Waals surface area contributed by atoms with Gasteiger partial charge in [0.05, 0.1) is 12.7 Å². The van der Waals surface area contributed by atoms with Gasteiger partial charge in [0.2, 0.25) is 0 Å². The first-order valence-corrected chi connectivity index (χ1v) is 4.98. The number of hydrogen-bond acceptors (Lipinski definition) is 3. The minimum absolute atomic E-state index is 0.164. The maximum Gasteiger partial charge on any atom is 0.165 e. The summed E-state index contributed by atoms with van der Waals surface area (Å²) in [6.07, 6.45) is 2.29. The molecule has 0 radical (unpaired) electrons. The molecule has 1 heterocycles. The third-order valence-electron chi connectivity index (χ3n) is 2.41. The number of aromatic nitrogens is 2. The quantitative estimate of drug-likeness (QED) is 0.763. The molecule has 0 amide bonds. The molecule has 0 aliphatic heterocycles. The summed E-state index contributed by atoms with van der Waals surface area (Å²) < 4.78 is 19.9. The van der Waals surface area contributed by atoms with E-state index < -0.39 is 5.82 Å². The van der Waals surface area contributed by atoms with Crippen LogP contribution in [-0.4, -0.2) is 23.2 Å². The minimum atomic E-state index is -0.479. The van der Waals surface area contributed by atoms with E-state index in [0.717, 1.165) is 0 Å². The van der Waals surface area contributed by atoms with Crippen molar-refractivity contribution in [1.29, 1.82) is 0 Å². The van der Waals surface area contributed by atoms with Crippen molar-refractivity contribution < 1.29 is 13.9 Å². The van der Waals surface area contributed by atoms with Crippen LogP contribution in [-0.2, 0) is 7.05 Å². The predicted molar refractivity (Wildman–Crippen MR) is 60.5 cm³/mol. The summed E-state index contributed by atoms with van der Waals surface area (Å²) in [6.45, 7) is 0. The van der Waals surface area contributed by atoms with E-state index in [1.165, 1.54) is 23.9 Å². The lowest BCUT2D eigenvalue weighted by atomic mass is 10.1. The second-order valence-corrected chi connectivity index (χ2v) is 3.57. The normalized spacial score (nSPS) is 10.3. The Kier molecular flexibility index (Phi) is 2.91. The largest absolute Gasteiger partial charge is 0.494 e. The molecule has 0 spiro atoms. The molecule has 0 saturated carbocycles. The zero-order valence-electron chi connectivity index (χ0n) is 9.48. The Morgan fingerprint density at radius 1 is 1.47 bits per heavy atom. The highest BCUT2D eigenvalue weighted by atomic mass is 19.1. The Bertz CT molecular complexity index is 564. The van der Waals surface area contributed by atoms with Gasteiger partial charge in [0.15, 0.2) is 17.9 Å². The highest BCUT2D eigenvalue weighted by molar-refractivity contribution is 5.85. The fourth-order valence-electron chi connectivity index (χ4n) is 1.63.